The van der Waals surface area contributed by atoms with E-state index >= 15 is 0 Å². The quantitative estimate of drug-likeness (QED) is 0.762. The van der Waals surface area contributed by atoms with Gasteiger partial charge in [-0.1, -0.05) is 0 Å². The molecule has 1 aliphatic rings. The summed E-state index contributed by atoms with van der Waals surface area (Å²) in [5, 5.41) is 6.33. The zero-order valence-corrected chi connectivity index (χ0v) is 9.35. The van der Waals surface area contributed by atoms with Crippen LogP contribution in [-0.4, -0.2) is 34.6 Å². The van der Waals surface area contributed by atoms with Crippen LogP contribution in [0.2, 0.25) is 0 Å². The molecule has 1 amide bonds. The lowest BCUT2D eigenvalue weighted by Gasteiger charge is -2.23. The van der Waals surface area contributed by atoms with Crippen LogP contribution in [0, 0.1) is 0 Å². The van der Waals surface area contributed by atoms with Gasteiger partial charge in [0.15, 0.2) is 0 Å². The van der Waals surface area contributed by atoms with Gasteiger partial charge in [0.1, 0.15) is 0 Å². The largest absolute Gasteiger partial charge is 0.352 e. The number of hydrogen-bond donors (Lipinski definition) is 2. The minimum atomic E-state index is 0.127. The molecule has 0 radical (unpaired) electrons. The summed E-state index contributed by atoms with van der Waals surface area (Å²) in [4.78, 5) is 15.6. The first-order valence-electron chi connectivity index (χ1n) is 5.80. The van der Waals surface area contributed by atoms with Gasteiger partial charge in [-0.15, -0.1) is 0 Å². The second-order valence-corrected chi connectivity index (χ2v) is 4.16. The maximum atomic E-state index is 11.6. The number of imidazole rings is 1. The number of hydrogen-bond acceptors (Lipinski definition) is 3. The molecule has 0 aromatic carbocycles. The van der Waals surface area contributed by atoms with Gasteiger partial charge in [0.2, 0.25) is 5.91 Å². The van der Waals surface area contributed by atoms with Crippen LogP contribution < -0.4 is 10.6 Å². The number of aromatic nitrogens is 2. The number of carbonyl (C=O) groups is 1. The van der Waals surface area contributed by atoms with Crippen LogP contribution in [-0.2, 0) is 11.3 Å². The molecule has 1 unspecified atom stereocenters. The summed E-state index contributed by atoms with van der Waals surface area (Å²) in [6.07, 6.45) is 8.08. The first-order chi connectivity index (χ1) is 7.84. The first kappa shape index (κ1) is 11.1. The fraction of sp³-hybridized carbons (Fsp3) is 0.636. The predicted octanol–water partition coefficient (Wildman–Crippen LogP) is 0.141. The van der Waals surface area contributed by atoms with Crippen LogP contribution in [0.4, 0.5) is 0 Å². The third-order valence-electron chi connectivity index (χ3n) is 2.82. The highest BCUT2D eigenvalue weighted by atomic mass is 16.1. The van der Waals surface area contributed by atoms with E-state index in [4.69, 9.17) is 0 Å². The first-order valence-corrected chi connectivity index (χ1v) is 5.80. The molecule has 1 aliphatic heterocycles. The summed E-state index contributed by atoms with van der Waals surface area (Å²) in [5.41, 5.74) is 0. The molecule has 0 spiro atoms. The summed E-state index contributed by atoms with van der Waals surface area (Å²) in [6.45, 7) is 2.67. The van der Waals surface area contributed by atoms with E-state index in [0.717, 1.165) is 25.9 Å². The molecule has 1 saturated heterocycles. The van der Waals surface area contributed by atoms with Crippen LogP contribution in [0.15, 0.2) is 18.7 Å². The van der Waals surface area contributed by atoms with Crippen molar-refractivity contribution in [2.24, 2.45) is 0 Å². The minimum Gasteiger partial charge on any atom is -0.352 e. The molecule has 0 saturated carbocycles. The number of carbonyl (C=O) groups excluding carboxylic acids is 1. The Morgan fingerprint density at radius 1 is 1.62 bits per heavy atom. The average molecular weight is 222 g/mol. The van der Waals surface area contributed by atoms with Crippen molar-refractivity contribution in [3.05, 3.63) is 18.7 Å². The Kier molecular flexibility index (Phi) is 3.93. The Hall–Kier alpha value is -1.36. The number of rotatable bonds is 4. The molecule has 1 aromatic rings. The smallest absolute Gasteiger partial charge is 0.222 e. The van der Waals surface area contributed by atoms with E-state index in [1.165, 1.54) is 0 Å². The molecular formula is C11H18N4O. The second kappa shape index (κ2) is 5.65. The molecule has 88 valence electrons. The van der Waals surface area contributed by atoms with Gasteiger partial charge in [-0.25, -0.2) is 4.98 Å². The van der Waals surface area contributed by atoms with Crippen molar-refractivity contribution in [1.82, 2.24) is 20.2 Å². The normalized spacial score (nSPS) is 20.6. The standard InChI is InChI=1S/C11H18N4O/c16-11(3-6-15-7-5-13-9-15)14-10-2-1-4-12-8-10/h5,7,9-10,12H,1-4,6,8H2,(H,14,16). The predicted molar refractivity (Wildman–Crippen MR) is 60.9 cm³/mol. The summed E-state index contributed by atoms with van der Waals surface area (Å²) in [7, 11) is 0. The number of piperidine rings is 1. The van der Waals surface area contributed by atoms with E-state index in [9.17, 15) is 4.79 Å². The summed E-state index contributed by atoms with van der Waals surface area (Å²) < 4.78 is 1.92. The van der Waals surface area contributed by atoms with E-state index in [1.54, 1.807) is 12.5 Å². The van der Waals surface area contributed by atoms with Crippen molar-refractivity contribution in [2.75, 3.05) is 13.1 Å². The monoisotopic (exact) mass is 222 g/mol. The molecule has 1 fully saturated rings. The lowest BCUT2D eigenvalue weighted by Crippen LogP contribution is -2.45. The Morgan fingerprint density at radius 2 is 2.56 bits per heavy atom. The van der Waals surface area contributed by atoms with Gasteiger partial charge in [0.25, 0.3) is 0 Å². The Balaban J connectivity index is 1.67. The lowest BCUT2D eigenvalue weighted by atomic mass is 10.1. The lowest BCUT2D eigenvalue weighted by molar-refractivity contribution is -0.122. The van der Waals surface area contributed by atoms with Crippen molar-refractivity contribution in [1.29, 1.82) is 0 Å². The minimum absolute atomic E-state index is 0.127. The van der Waals surface area contributed by atoms with Gasteiger partial charge in [-0.2, -0.15) is 0 Å². The summed E-state index contributed by atoms with van der Waals surface area (Å²) in [5.74, 6) is 0.127. The Morgan fingerprint density at radius 3 is 3.25 bits per heavy atom. The molecule has 5 nitrogen and oxygen atoms in total. The van der Waals surface area contributed by atoms with Crippen LogP contribution in [0.25, 0.3) is 0 Å². The molecule has 1 aromatic heterocycles. The van der Waals surface area contributed by atoms with Crippen molar-refractivity contribution < 1.29 is 4.79 Å². The van der Waals surface area contributed by atoms with E-state index in [1.807, 2.05) is 10.8 Å². The topological polar surface area (TPSA) is 59.0 Å². The third-order valence-corrected chi connectivity index (χ3v) is 2.82. The molecular weight excluding hydrogens is 204 g/mol. The van der Waals surface area contributed by atoms with Crippen molar-refractivity contribution in [3.63, 3.8) is 0 Å². The van der Waals surface area contributed by atoms with Crippen LogP contribution in [0.3, 0.4) is 0 Å². The Bertz CT molecular complexity index is 317. The van der Waals surface area contributed by atoms with E-state index in [0.29, 0.717) is 19.0 Å². The zero-order chi connectivity index (χ0) is 11.2. The Labute approximate surface area is 95.2 Å². The van der Waals surface area contributed by atoms with E-state index < -0.39 is 0 Å². The molecule has 2 N–H and O–H groups in total. The maximum absolute atomic E-state index is 11.6. The van der Waals surface area contributed by atoms with Crippen LogP contribution in [0.1, 0.15) is 19.3 Å². The van der Waals surface area contributed by atoms with Crippen molar-refractivity contribution >= 4 is 5.91 Å². The molecule has 2 heterocycles. The second-order valence-electron chi connectivity index (χ2n) is 4.16. The van der Waals surface area contributed by atoms with Crippen LogP contribution >= 0.6 is 0 Å². The van der Waals surface area contributed by atoms with Gasteiger partial charge in [-0.05, 0) is 19.4 Å². The molecule has 0 aliphatic carbocycles. The van der Waals surface area contributed by atoms with E-state index in [-0.39, 0.29) is 5.91 Å². The highest BCUT2D eigenvalue weighted by Gasteiger charge is 2.14. The molecule has 5 heteroatoms. The number of nitrogens with zero attached hydrogens (tertiary/aromatic N) is 2. The van der Waals surface area contributed by atoms with Gasteiger partial charge < -0.3 is 15.2 Å². The molecule has 16 heavy (non-hydrogen) atoms. The highest BCUT2D eigenvalue weighted by molar-refractivity contribution is 5.76. The van der Waals surface area contributed by atoms with Crippen molar-refractivity contribution in [2.45, 2.75) is 31.8 Å². The molecule has 1 atom stereocenters. The summed E-state index contributed by atoms with van der Waals surface area (Å²) in [6, 6.07) is 0.309. The van der Waals surface area contributed by atoms with Gasteiger partial charge in [0, 0.05) is 37.9 Å². The van der Waals surface area contributed by atoms with E-state index in [2.05, 4.69) is 15.6 Å². The fourth-order valence-corrected chi connectivity index (χ4v) is 1.92. The zero-order valence-electron chi connectivity index (χ0n) is 9.35. The van der Waals surface area contributed by atoms with Crippen molar-refractivity contribution in [3.8, 4) is 0 Å². The van der Waals surface area contributed by atoms with Gasteiger partial charge >= 0.3 is 0 Å². The summed E-state index contributed by atoms with van der Waals surface area (Å²) >= 11 is 0. The number of nitrogens with one attached hydrogen (secondary N) is 2. The third kappa shape index (κ3) is 3.34. The highest BCUT2D eigenvalue weighted by Crippen LogP contribution is 2.01. The molecule has 0 bridgehead atoms. The number of amides is 1. The molecule has 2 rings (SSSR count). The average Bonchev–Trinajstić information content (AvgIpc) is 2.81. The van der Waals surface area contributed by atoms with Gasteiger partial charge in [-0.3, -0.25) is 4.79 Å². The van der Waals surface area contributed by atoms with Crippen LogP contribution in [0.5, 0.6) is 0 Å². The van der Waals surface area contributed by atoms with Gasteiger partial charge in [0.05, 0.1) is 6.33 Å². The SMILES string of the molecule is O=C(CCn1ccnc1)NC1CCCNC1. The number of aryl methyl sites for hydroxylation is 1. The maximum Gasteiger partial charge on any atom is 0.222 e. The fourth-order valence-electron chi connectivity index (χ4n) is 1.92.